The molecule has 0 aliphatic carbocycles. The van der Waals surface area contributed by atoms with Crippen molar-refractivity contribution in [3.8, 4) is 5.75 Å². The lowest BCUT2D eigenvalue weighted by Gasteiger charge is -2.18. The minimum atomic E-state index is -0.0822. The first-order valence-electron chi connectivity index (χ1n) is 4.39. The Kier molecular flexibility index (Phi) is 2.20. The number of aromatic hydroxyl groups is 1. The predicted octanol–water partition coefficient (Wildman–Crippen LogP) is 1.35. The fourth-order valence-electron chi connectivity index (χ4n) is 1.58. The molecular formula is C10H13NO2. The van der Waals surface area contributed by atoms with Crippen molar-refractivity contribution in [2.45, 2.75) is 6.23 Å². The quantitative estimate of drug-likeness (QED) is 0.706. The van der Waals surface area contributed by atoms with Gasteiger partial charge in [0.05, 0.1) is 6.61 Å². The summed E-state index contributed by atoms with van der Waals surface area (Å²) in [6, 6.07) is 7.30. The third-order valence-corrected chi connectivity index (χ3v) is 2.32. The number of hydrogen-bond donors (Lipinski definition) is 1. The van der Waals surface area contributed by atoms with Gasteiger partial charge in [0.15, 0.2) is 0 Å². The molecule has 1 heterocycles. The first kappa shape index (κ1) is 8.53. The van der Waals surface area contributed by atoms with Gasteiger partial charge in [-0.1, -0.05) is 18.2 Å². The molecular weight excluding hydrogens is 166 g/mol. The summed E-state index contributed by atoms with van der Waals surface area (Å²) in [5.74, 6) is 0.307. The number of phenolic OH excluding ortho intramolecular Hbond substituents is 1. The van der Waals surface area contributed by atoms with Gasteiger partial charge < -0.3 is 9.84 Å². The van der Waals surface area contributed by atoms with Crippen LogP contribution in [0.15, 0.2) is 24.3 Å². The number of likely N-dealkylation sites (N-methyl/N-ethyl adjacent to an activating group) is 1. The molecule has 3 nitrogen and oxygen atoms in total. The Bertz CT molecular complexity index is 301. The van der Waals surface area contributed by atoms with Crippen molar-refractivity contribution in [1.82, 2.24) is 4.90 Å². The van der Waals surface area contributed by atoms with E-state index in [1.807, 2.05) is 25.2 Å². The minimum Gasteiger partial charge on any atom is -0.508 e. The molecule has 3 heteroatoms. The maximum absolute atomic E-state index is 9.58. The third-order valence-electron chi connectivity index (χ3n) is 2.32. The first-order valence-corrected chi connectivity index (χ1v) is 4.39. The van der Waals surface area contributed by atoms with E-state index in [0.717, 1.165) is 18.7 Å². The van der Waals surface area contributed by atoms with E-state index in [4.69, 9.17) is 4.74 Å². The van der Waals surface area contributed by atoms with Crippen LogP contribution in [-0.2, 0) is 4.74 Å². The Balaban J connectivity index is 2.29. The summed E-state index contributed by atoms with van der Waals surface area (Å²) < 4.78 is 5.50. The molecule has 1 N–H and O–H groups in total. The molecule has 1 saturated heterocycles. The Morgan fingerprint density at radius 1 is 1.46 bits per heavy atom. The maximum Gasteiger partial charge on any atom is 0.140 e. The molecule has 0 amide bonds. The normalized spacial score (nSPS) is 23.6. The van der Waals surface area contributed by atoms with E-state index in [9.17, 15) is 5.11 Å². The first-order chi connectivity index (χ1) is 6.29. The third kappa shape index (κ3) is 1.53. The van der Waals surface area contributed by atoms with Crippen LogP contribution in [0.4, 0.5) is 0 Å². The van der Waals surface area contributed by atoms with E-state index >= 15 is 0 Å². The second-order valence-electron chi connectivity index (χ2n) is 3.26. The average Bonchev–Trinajstić information content (AvgIpc) is 2.52. The molecule has 1 aliphatic heterocycles. The van der Waals surface area contributed by atoms with Crippen molar-refractivity contribution in [3.63, 3.8) is 0 Å². The molecule has 1 aromatic rings. The van der Waals surface area contributed by atoms with Crippen LogP contribution in [0.3, 0.4) is 0 Å². The van der Waals surface area contributed by atoms with Crippen molar-refractivity contribution >= 4 is 0 Å². The zero-order chi connectivity index (χ0) is 9.26. The van der Waals surface area contributed by atoms with E-state index in [2.05, 4.69) is 4.90 Å². The second kappa shape index (κ2) is 3.36. The summed E-state index contributed by atoms with van der Waals surface area (Å²) in [7, 11) is 1.99. The lowest BCUT2D eigenvalue weighted by Crippen LogP contribution is -2.18. The zero-order valence-corrected chi connectivity index (χ0v) is 7.60. The molecule has 1 aliphatic rings. The maximum atomic E-state index is 9.58. The largest absolute Gasteiger partial charge is 0.508 e. The highest BCUT2D eigenvalue weighted by Gasteiger charge is 2.25. The number of nitrogens with zero attached hydrogens (tertiary/aromatic N) is 1. The summed E-state index contributed by atoms with van der Waals surface area (Å²) in [6.45, 7) is 1.65. The highest BCUT2D eigenvalue weighted by Crippen LogP contribution is 2.30. The number of benzene rings is 1. The summed E-state index contributed by atoms with van der Waals surface area (Å²) >= 11 is 0. The molecule has 0 aromatic heterocycles. The van der Waals surface area contributed by atoms with Crippen LogP contribution in [0.2, 0.25) is 0 Å². The predicted molar refractivity (Wildman–Crippen MR) is 49.4 cm³/mol. The van der Waals surface area contributed by atoms with Gasteiger partial charge in [0.1, 0.15) is 12.0 Å². The number of phenols is 1. The summed E-state index contributed by atoms with van der Waals surface area (Å²) in [6.07, 6.45) is -0.0822. The molecule has 1 atom stereocenters. The van der Waals surface area contributed by atoms with Crippen LogP contribution in [0.5, 0.6) is 5.75 Å². The highest BCUT2D eigenvalue weighted by atomic mass is 16.5. The molecule has 0 spiro atoms. The van der Waals surface area contributed by atoms with E-state index in [1.54, 1.807) is 6.07 Å². The Hall–Kier alpha value is -1.06. The Morgan fingerprint density at radius 2 is 2.23 bits per heavy atom. The Labute approximate surface area is 77.6 Å². The topological polar surface area (TPSA) is 32.7 Å². The van der Waals surface area contributed by atoms with Gasteiger partial charge in [-0.2, -0.15) is 0 Å². The molecule has 0 unspecified atom stereocenters. The van der Waals surface area contributed by atoms with Gasteiger partial charge in [-0.15, -0.1) is 0 Å². The SMILES string of the molecule is CN1CCO[C@H]1c1ccccc1O. The average molecular weight is 179 g/mol. The van der Waals surface area contributed by atoms with Crippen LogP contribution in [0.25, 0.3) is 0 Å². The minimum absolute atomic E-state index is 0.0822. The summed E-state index contributed by atoms with van der Waals surface area (Å²) in [4.78, 5) is 2.08. The van der Waals surface area contributed by atoms with Crippen LogP contribution >= 0.6 is 0 Å². The molecule has 1 fully saturated rings. The van der Waals surface area contributed by atoms with E-state index < -0.39 is 0 Å². The van der Waals surface area contributed by atoms with Crippen molar-refractivity contribution in [3.05, 3.63) is 29.8 Å². The molecule has 0 saturated carbocycles. The number of para-hydroxylation sites is 1. The number of hydrogen-bond acceptors (Lipinski definition) is 3. The van der Waals surface area contributed by atoms with Crippen molar-refractivity contribution in [1.29, 1.82) is 0 Å². The summed E-state index contributed by atoms with van der Waals surface area (Å²) in [5, 5.41) is 9.58. The molecule has 1 aromatic carbocycles. The fourth-order valence-corrected chi connectivity index (χ4v) is 1.58. The van der Waals surface area contributed by atoms with Crippen LogP contribution in [0, 0.1) is 0 Å². The molecule has 0 bridgehead atoms. The van der Waals surface area contributed by atoms with E-state index in [1.165, 1.54) is 0 Å². The van der Waals surface area contributed by atoms with Crippen LogP contribution < -0.4 is 0 Å². The van der Waals surface area contributed by atoms with Gasteiger partial charge in [-0.25, -0.2) is 0 Å². The van der Waals surface area contributed by atoms with Crippen LogP contribution in [-0.4, -0.2) is 30.2 Å². The van der Waals surface area contributed by atoms with E-state index in [-0.39, 0.29) is 6.23 Å². The Morgan fingerprint density at radius 3 is 2.85 bits per heavy atom. The van der Waals surface area contributed by atoms with Crippen LogP contribution in [0.1, 0.15) is 11.8 Å². The second-order valence-corrected chi connectivity index (χ2v) is 3.26. The standard InChI is InChI=1S/C10H13NO2/c1-11-6-7-13-10(11)8-4-2-3-5-9(8)12/h2-5,10,12H,6-7H2,1H3/t10-/m0/s1. The van der Waals surface area contributed by atoms with Gasteiger partial charge in [0, 0.05) is 12.1 Å². The lowest BCUT2D eigenvalue weighted by molar-refractivity contribution is 0.0434. The van der Waals surface area contributed by atoms with Gasteiger partial charge in [-0.3, -0.25) is 4.90 Å². The molecule has 70 valence electrons. The fraction of sp³-hybridized carbons (Fsp3) is 0.400. The van der Waals surface area contributed by atoms with E-state index in [0.29, 0.717) is 5.75 Å². The smallest absolute Gasteiger partial charge is 0.140 e. The lowest BCUT2D eigenvalue weighted by atomic mass is 10.1. The summed E-state index contributed by atoms with van der Waals surface area (Å²) in [5.41, 5.74) is 0.850. The zero-order valence-electron chi connectivity index (χ0n) is 7.60. The van der Waals surface area contributed by atoms with Gasteiger partial charge >= 0.3 is 0 Å². The number of rotatable bonds is 1. The molecule has 13 heavy (non-hydrogen) atoms. The molecule has 2 rings (SSSR count). The van der Waals surface area contributed by atoms with Crippen molar-refractivity contribution in [2.75, 3.05) is 20.2 Å². The van der Waals surface area contributed by atoms with Gasteiger partial charge in [-0.05, 0) is 13.1 Å². The monoisotopic (exact) mass is 179 g/mol. The van der Waals surface area contributed by atoms with Crippen molar-refractivity contribution in [2.24, 2.45) is 0 Å². The number of ether oxygens (including phenoxy) is 1. The van der Waals surface area contributed by atoms with Gasteiger partial charge in [0.25, 0.3) is 0 Å². The molecule has 0 radical (unpaired) electrons. The highest BCUT2D eigenvalue weighted by molar-refractivity contribution is 5.33. The van der Waals surface area contributed by atoms with Gasteiger partial charge in [0.2, 0.25) is 0 Å². The van der Waals surface area contributed by atoms with Crippen molar-refractivity contribution < 1.29 is 9.84 Å².